The average molecular weight is 350 g/mol. The van der Waals surface area contributed by atoms with E-state index >= 15 is 0 Å². The minimum absolute atomic E-state index is 0.217. The normalized spacial score (nSPS) is 21.5. The van der Waals surface area contributed by atoms with Crippen LogP contribution in [0.15, 0.2) is 5.38 Å². The van der Waals surface area contributed by atoms with Gasteiger partial charge < -0.3 is 9.80 Å². The van der Waals surface area contributed by atoms with Gasteiger partial charge in [0.05, 0.1) is 10.7 Å². The van der Waals surface area contributed by atoms with Gasteiger partial charge in [0.1, 0.15) is 0 Å². The Morgan fingerprint density at radius 1 is 1.33 bits per heavy atom. The second-order valence-corrected chi connectivity index (χ2v) is 7.95. The lowest BCUT2D eigenvalue weighted by Crippen LogP contribution is -2.49. The van der Waals surface area contributed by atoms with Gasteiger partial charge in [0.2, 0.25) is 11.8 Å². The first-order chi connectivity index (χ1) is 11.6. The van der Waals surface area contributed by atoms with E-state index in [-0.39, 0.29) is 17.9 Å². The molecule has 0 N–H and O–H groups in total. The van der Waals surface area contributed by atoms with Crippen molar-refractivity contribution in [2.24, 2.45) is 0 Å². The van der Waals surface area contributed by atoms with Gasteiger partial charge in [-0.15, -0.1) is 11.3 Å². The van der Waals surface area contributed by atoms with Crippen molar-refractivity contribution in [1.29, 1.82) is 0 Å². The molecule has 0 aliphatic carbocycles. The lowest BCUT2D eigenvalue weighted by molar-refractivity contribution is -0.137. The Labute approximate surface area is 148 Å². The molecule has 0 radical (unpaired) electrons. The number of nitrogens with zero attached hydrogens (tertiary/aromatic N) is 3. The molecule has 2 amide bonds. The Morgan fingerprint density at radius 2 is 2.21 bits per heavy atom. The molecule has 24 heavy (non-hydrogen) atoms. The molecule has 0 bridgehead atoms. The molecular formula is C18H27N3O2S. The molecule has 1 aromatic rings. The molecule has 1 aromatic heterocycles. The fraction of sp³-hybridized carbons (Fsp3) is 0.722. The first-order valence-corrected chi connectivity index (χ1v) is 9.99. The molecule has 132 valence electrons. The van der Waals surface area contributed by atoms with Crippen molar-refractivity contribution in [3.8, 4) is 0 Å². The van der Waals surface area contributed by atoms with Crippen LogP contribution in [0.3, 0.4) is 0 Å². The zero-order valence-electron chi connectivity index (χ0n) is 14.5. The molecular weight excluding hydrogens is 322 g/mol. The van der Waals surface area contributed by atoms with Crippen LogP contribution in [-0.4, -0.2) is 52.3 Å². The van der Waals surface area contributed by atoms with E-state index in [1.807, 2.05) is 16.7 Å². The lowest BCUT2D eigenvalue weighted by atomic mass is 10.0. The molecule has 0 saturated carbocycles. The number of carbonyl (C=O) groups excluding carboxylic acids is 2. The number of thiazole rings is 1. The predicted molar refractivity (Wildman–Crippen MR) is 95.0 cm³/mol. The van der Waals surface area contributed by atoms with Gasteiger partial charge in [0.15, 0.2) is 0 Å². The molecule has 2 aliphatic rings. The highest BCUT2D eigenvalue weighted by Gasteiger charge is 2.30. The Balaban J connectivity index is 1.50. The molecule has 2 aliphatic heterocycles. The summed E-state index contributed by atoms with van der Waals surface area (Å²) in [6.45, 7) is 4.45. The van der Waals surface area contributed by atoms with Gasteiger partial charge in [-0.25, -0.2) is 4.98 Å². The number of rotatable bonds is 6. The first-order valence-electron chi connectivity index (χ1n) is 9.12. The zero-order chi connectivity index (χ0) is 16.9. The van der Waals surface area contributed by atoms with E-state index in [2.05, 4.69) is 10.4 Å². The molecule has 0 spiro atoms. The van der Waals surface area contributed by atoms with Crippen LogP contribution in [0.2, 0.25) is 0 Å². The fourth-order valence-electron chi connectivity index (χ4n) is 3.76. The summed E-state index contributed by atoms with van der Waals surface area (Å²) in [6.07, 6.45) is 7.23. The highest BCUT2D eigenvalue weighted by atomic mass is 32.1. The summed E-state index contributed by atoms with van der Waals surface area (Å²) in [5, 5.41) is 3.17. The fourth-order valence-corrected chi connectivity index (χ4v) is 4.40. The second-order valence-electron chi connectivity index (χ2n) is 6.89. The maximum atomic E-state index is 12.7. The number of amides is 2. The summed E-state index contributed by atoms with van der Waals surface area (Å²) in [7, 11) is 0. The molecule has 0 aromatic carbocycles. The van der Waals surface area contributed by atoms with E-state index in [9.17, 15) is 9.59 Å². The van der Waals surface area contributed by atoms with Crippen molar-refractivity contribution in [3.05, 3.63) is 16.1 Å². The maximum absolute atomic E-state index is 12.7. The van der Waals surface area contributed by atoms with Crippen molar-refractivity contribution < 1.29 is 9.59 Å². The minimum atomic E-state index is 0.217. The highest BCUT2D eigenvalue weighted by Crippen LogP contribution is 2.22. The van der Waals surface area contributed by atoms with Gasteiger partial charge in [-0.2, -0.15) is 0 Å². The summed E-state index contributed by atoms with van der Waals surface area (Å²) in [6, 6.07) is 0.217. The summed E-state index contributed by atoms with van der Waals surface area (Å²) < 4.78 is 0. The number of aryl methyl sites for hydroxylation is 2. The summed E-state index contributed by atoms with van der Waals surface area (Å²) >= 11 is 1.67. The van der Waals surface area contributed by atoms with E-state index in [4.69, 9.17) is 0 Å². The number of likely N-dealkylation sites (tertiary alicyclic amines) is 2. The number of hydrogen-bond acceptors (Lipinski definition) is 4. The monoisotopic (exact) mass is 349 g/mol. The lowest BCUT2D eigenvalue weighted by Gasteiger charge is -2.38. The van der Waals surface area contributed by atoms with Gasteiger partial charge in [-0.05, 0) is 45.4 Å². The predicted octanol–water partition coefficient (Wildman–Crippen LogP) is 2.78. The second kappa shape index (κ2) is 8.10. The quantitative estimate of drug-likeness (QED) is 0.793. The van der Waals surface area contributed by atoms with Gasteiger partial charge in [-0.3, -0.25) is 9.59 Å². The van der Waals surface area contributed by atoms with E-state index in [1.165, 1.54) is 0 Å². The van der Waals surface area contributed by atoms with Gasteiger partial charge in [0, 0.05) is 43.9 Å². The topological polar surface area (TPSA) is 53.5 Å². The van der Waals surface area contributed by atoms with Crippen LogP contribution in [0.1, 0.15) is 55.6 Å². The Kier molecular flexibility index (Phi) is 5.87. The summed E-state index contributed by atoms with van der Waals surface area (Å²) in [5.74, 6) is 0.505. The van der Waals surface area contributed by atoms with Crippen LogP contribution in [0, 0.1) is 6.92 Å². The molecule has 5 nitrogen and oxygen atoms in total. The van der Waals surface area contributed by atoms with E-state index in [1.54, 1.807) is 11.3 Å². The van der Waals surface area contributed by atoms with Gasteiger partial charge >= 0.3 is 0 Å². The molecule has 3 rings (SSSR count). The molecule has 2 fully saturated rings. The number of carbonyl (C=O) groups is 2. The van der Waals surface area contributed by atoms with Crippen LogP contribution < -0.4 is 0 Å². The van der Waals surface area contributed by atoms with E-state index in [0.717, 1.165) is 68.9 Å². The Morgan fingerprint density at radius 3 is 2.92 bits per heavy atom. The molecule has 3 heterocycles. The number of aromatic nitrogens is 1. The van der Waals surface area contributed by atoms with Crippen LogP contribution in [0.4, 0.5) is 0 Å². The zero-order valence-corrected chi connectivity index (χ0v) is 15.3. The highest BCUT2D eigenvalue weighted by molar-refractivity contribution is 7.09. The van der Waals surface area contributed by atoms with Gasteiger partial charge in [0.25, 0.3) is 0 Å². The van der Waals surface area contributed by atoms with Crippen molar-refractivity contribution in [1.82, 2.24) is 14.8 Å². The SMILES string of the molecule is Cc1nc(CCCC(=O)N2CCCC[C@@H]2CN2CCCC2=O)cs1. The third kappa shape index (κ3) is 4.35. The minimum Gasteiger partial charge on any atom is -0.341 e. The number of hydrogen-bond donors (Lipinski definition) is 0. The largest absolute Gasteiger partial charge is 0.341 e. The molecule has 1 atom stereocenters. The van der Waals surface area contributed by atoms with Crippen molar-refractivity contribution in [2.45, 2.75) is 64.3 Å². The van der Waals surface area contributed by atoms with Crippen molar-refractivity contribution in [2.75, 3.05) is 19.6 Å². The van der Waals surface area contributed by atoms with Crippen molar-refractivity contribution in [3.63, 3.8) is 0 Å². The van der Waals surface area contributed by atoms with Crippen molar-refractivity contribution >= 4 is 23.2 Å². The van der Waals surface area contributed by atoms with Crippen LogP contribution in [0.25, 0.3) is 0 Å². The van der Waals surface area contributed by atoms with Crippen LogP contribution in [-0.2, 0) is 16.0 Å². The Bertz CT molecular complexity index is 587. The summed E-state index contributed by atoms with van der Waals surface area (Å²) in [5.41, 5.74) is 1.10. The smallest absolute Gasteiger partial charge is 0.222 e. The van der Waals surface area contributed by atoms with Crippen LogP contribution in [0.5, 0.6) is 0 Å². The third-order valence-corrected chi connectivity index (χ3v) is 5.86. The molecule has 6 heteroatoms. The van der Waals surface area contributed by atoms with E-state index < -0.39 is 0 Å². The standard InChI is InChI=1S/C18H27N3O2S/c1-14-19-15(13-24-14)6-4-8-18(23)21-11-3-2-7-16(21)12-20-10-5-9-17(20)22/h13,16H,2-12H2,1H3/t16-/m1/s1. The van der Waals surface area contributed by atoms with E-state index in [0.29, 0.717) is 12.8 Å². The van der Waals surface area contributed by atoms with Crippen LogP contribution >= 0.6 is 11.3 Å². The summed E-state index contributed by atoms with van der Waals surface area (Å²) in [4.78, 5) is 33.0. The average Bonchev–Trinajstić information content (AvgIpc) is 3.17. The number of piperidine rings is 1. The van der Waals surface area contributed by atoms with Gasteiger partial charge in [-0.1, -0.05) is 0 Å². The maximum Gasteiger partial charge on any atom is 0.222 e. The first kappa shape index (κ1) is 17.4. The third-order valence-electron chi connectivity index (χ3n) is 5.04. The molecule has 2 saturated heterocycles. The molecule has 0 unspecified atom stereocenters. The Hall–Kier alpha value is -1.43.